The maximum absolute atomic E-state index is 3.43. The molecule has 0 aliphatic carbocycles. The third kappa shape index (κ3) is 1.99. The standard InChI is InChI=1S/C12H15N.ClH/c1-9-5-3-6-11(10(9)2)12-7-4-8-13-12;/h3-7,12-13H,8H2,1-2H3;1H/t12-;/m0./s1. The maximum atomic E-state index is 3.43. The van der Waals surface area contributed by atoms with Gasteiger partial charge in [0.05, 0.1) is 6.04 Å². The van der Waals surface area contributed by atoms with Crippen LogP contribution in [0.5, 0.6) is 0 Å². The quantitative estimate of drug-likeness (QED) is 0.702. The highest BCUT2D eigenvalue weighted by atomic mass is 35.5. The maximum Gasteiger partial charge on any atom is 0.0511 e. The van der Waals surface area contributed by atoms with Crippen LogP contribution in [0.25, 0.3) is 0 Å². The van der Waals surface area contributed by atoms with Crippen molar-refractivity contribution in [1.29, 1.82) is 0 Å². The van der Waals surface area contributed by atoms with Gasteiger partial charge in [-0.05, 0) is 30.5 Å². The molecule has 1 N–H and O–H groups in total. The summed E-state index contributed by atoms with van der Waals surface area (Å²) < 4.78 is 0. The second-order valence-electron chi connectivity index (χ2n) is 3.60. The summed E-state index contributed by atoms with van der Waals surface area (Å²) >= 11 is 0. The van der Waals surface area contributed by atoms with Crippen molar-refractivity contribution in [2.75, 3.05) is 6.54 Å². The van der Waals surface area contributed by atoms with Gasteiger partial charge in [0.15, 0.2) is 0 Å². The van der Waals surface area contributed by atoms with Crippen LogP contribution >= 0.6 is 12.4 Å². The van der Waals surface area contributed by atoms with Gasteiger partial charge in [0, 0.05) is 6.54 Å². The van der Waals surface area contributed by atoms with Gasteiger partial charge >= 0.3 is 0 Å². The Morgan fingerprint density at radius 1 is 1.29 bits per heavy atom. The summed E-state index contributed by atoms with van der Waals surface area (Å²) in [6, 6.07) is 6.93. The Hall–Kier alpha value is -0.790. The molecule has 1 aromatic carbocycles. The van der Waals surface area contributed by atoms with E-state index in [1.807, 2.05) is 0 Å². The van der Waals surface area contributed by atoms with Crippen LogP contribution in [0, 0.1) is 13.8 Å². The first kappa shape index (κ1) is 11.3. The molecule has 0 saturated heterocycles. The van der Waals surface area contributed by atoms with Crippen LogP contribution < -0.4 is 5.32 Å². The van der Waals surface area contributed by atoms with Gasteiger partial charge in [-0.25, -0.2) is 0 Å². The van der Waals surface area contributed by atoms with Crippen LogP contribution in [0.3, 0.4) is 0 Å². The molecule has 1 aliphatic rings. The van der Waals surface area contributed by atoms with Crippen molar-refractivity contribution in [3.05, 3.63) is 47.0 Å². The predicted octanol–water partition coefficient (Wildman–Crippen LogP) is 2.93. The zero-order valence-corrected chi connectivity index (χ0v) is 9.40. The SMILES string of the molecule is Cc1cccc([C@@H]2C=CCN2)c1C.Cl. The lowest BCUT2D eigenvalue weighted by Gasteiger charge is -2.14. The zero-order valence-electron chi connectivity index (χ0n) is 8.58. The number of hydrogen-bond donors (Lipinski definition) is 1. The van der Waals surface area contributed by atoms with E-state index in [0.29, 0.717) is 6.04 Å². The van der Waals surface area contributed by atoms with Crippen molar-refractivity contribution in [2.24, 2.45) is 0 Å². The second kappa shape index (κ2) is 4.63. The van der Waals surface area contributed by atoms with Gasteiger partial charge in [0.2, 0.25) is 0 Å². The van der Waals surface area contributed by atoms with Crippen molar-refractivity contribution in [2.45, 2.75) is 19.9 Å². The van der Waals surface area contributed by atoms with Crippen molar-refractivity contribution < 1.29 is 0 Å². The van der Waals surface area contributed by atoms with Crippen LogP contribution in [0.2, 0.25) is 0 Å². The number of hydrogen-bond acceptors (Lipinski definition) is 1. The van der Waals surface area contributed by atoms with Crippen LogP contribution in [0.4, 0.5) is 0 Å². The molecule has 0 bridgehead atoms. The molecule has 0 radical (unpaired) electrons. The van der Waals surface area contributed by atoms with Gasteiger partial charge in [0.1, 0.15) is 0 Å². The fraction of sp³-hybridized carbons (Fsp3) is 0.333. The highest BCUT2D eigenvalue weighted by molar-refractivity contribution is 5.85. The molecule has 14 heavy (non-hydrogen) atoms. The molecule has 76 valence electrons. The average Bonchev–Trinajstić information content (AvgIpc) is 2.62. The Bertz CT molecular complexity index is 344. The first-order chi connectivity index (χ1) is 6.29. The molecule has 0 unspecified atom stereocenters. The van der Waals surface area contributed by atoms with E-state index < -0.39 is 0 Å². The normalized spacial score (nSPS) is 19.4. The predicted molar refractivity (Wildman–Crippen MR) is 63.0 cm³/mol. The number of rotatable bonds is 1. The fourth-order valence-electron chi connectivity index (χ4n) is 1.79. The minimum absolute atomic E-state index is 0. The first-order valence-electron chi connectivity index (χ1n) is 4.75. The molecule has 1 heterocycles. The molecular formula is C12H16ClN. The van der Waals surface area contributed by atoms with Crippen LogP contribution in [0.1, 0.15) is 22.7 Å². The molecule has 0 amide bonds. The number of halogens is 1. The van der Waals surface area contributed by atoms with E-state index in [1.54, 1.807) is 0 Å². The lowest BCUT2D eigenvalue weighted by molar-refractivity contribution is 0.708. The summed E-state index contributed by atoms with van der Waals surface area (Å²) in [5.41, 5.74) is 4.19. The van der Waals surface area contributed by atoms with E-state index in [4.69, 9.17) is 0 Å². The topological polar surface area (TPSA) is 12.0 Å². The number of nitrogens with one attached hydrogen (secondary N) is 1. The average molecular weight is 210 g/mol. The molecule has 0 aromatic heterocycles. The summed E-state index contributed by atoms with van der Waals surface area (Å²) in [6.07, 6.45) is 4.42. The summed E-state index contributed by atoms with van der Waals surface area (Å²) in [4.78, 5) is 0. The number of benzene rings is 1. The van der Waals surface area contributed by atoms with Gasteiger partial charge in [-0.3, -0.25) is 0 Å². The van der Waals surface area contributed by atoms with Gasteiger partial charge in [-0.15, -0.1) is 12.4 Å². The molecular weight excluding hydrogens is 194 g/mol. The van der Waals surface area contributed by atoms with Gasteiger partial charge in [0.25, 0.3) is 0 Å². The molecule has 1 nitrogen and oxygen atoms in total. The second-order valence-corrected chi connectivity index (χ2v) is 3.60. The molecule has 1 aromatic rings. The zero-order chi connectivity index (χ0) is 9.26. The van der Waals surface area contributed by atoms with Crippen LogP contribution in [0.15, 0.2) is 30.4 Å². The Morgan fingerprint density at radius 2 is 2.07 bits per heavy atom. The van der Waals surface area contributed by atoms with Gasteiger partial charge in [-0.1, -0.05) is 30.4 Å². The summed E-state index contributed by atoms with van der Waals surface area (Å²) in [7, 11) is 0. The highest BCUT2D eigenvalue weighted by Gasteiger charge is 2.12. The van der Waals surface area contributed by atoms with Crippen molar-refractivity contribution in [1.82, 2.24) is 5.32 Å². The Morgan fingerprint density at radius 3 is 2.71 bits per heavy atom. The Labute approximate surface area is 91.6 Å². The monoisotopic (exact) mass is 209 g/mol. The van der Waals surface area contributed by atoms with E-state index in [0.717, 1.165) is 6.54 Å². The third-order valence-corrected chi connectivity index (χ3v) is 2.77. The summed E-state index contributed by atoms with van der Waals surface area (Å²) in [5, 5.41) is 3.43. The van der Waals surface area contributed by atoms with E-state index in [1.165, 1.54) is 16.7 Å². The molecule has 2 rings (SSSR count). The van der Waals surface area contributed by atoms with Crippen molar-refractivity contribution in [3.8, 4) is 0 Å². The smallest absolute Gasteiger partial charge is 0.0511 e. The lowest BCUT2D eigenvalue weighted by Crippen LogP contribution is -2.15. The van der Waals surface area contributed by atoms with Crippen LogP contribution in [-0.4, -0.2) is 6.54 Å². The minimum Gasteiger partial charge on any atom is -0.303 e. The van der Waals surface area contributed by atoms with E-state index in [9.17, 15) is 0 Å². The minimum atomic E-state index is 0. The van der Waals surface area contributed by atoms with E-state index >= 15 is 0 Å². The molecule has 1 atom stereocenters. The fourth-order valence-corrected chi connectivity index (χ4v) is 1.79. The van der Waals surface area contributed by atoms with E-state index in [2.05, 4.69) is 49.5 Å². The summed E-state index contributed by atoms with van der Waals surface area (Å²) in [5.74, 6) is 0. The molecule has 0 spiro atoms. The molecule has 2 heteroatoms. The largest absolute Gasteiger partial charge is 0.303 e. The lowest BCUT2D eigenvalue weighted by atomic mass is 9.98. The van der Waals surface area contributed by atoms with Crippen LogP contribution in [-0.2, 0) is 0 Å². The Balaban J connectivity index is 0.000000980. The molecule has 0 fully saturated rings. The van der Waals surface area contributed by atoms with Gasteiger partial charge in [-0.2, -0.15) is 0 Å². The first-order valence-corrected chi connectivity index (χ1v) is 4.75. The third-order valence-electron chi connectivity index (χ3n) is 2.77. The number of aryl methyl sites for hydroxylation is 1. The van der Waals surface area contributed by atoms with Crippen molar-refractivity contribution >= 4 is 12.4 Å². The van der Waals surface area contributed by atoms with Gasteiger partial charge < -0.3 is 5.32 Å². The summed E-state index contributed by atoms with van der Waals surface area (Å²) in [6.45, 7) is 5.36. The highest BCUT2D eigenvalue weighted by Crippen LogP contribution is 2.23. The van der Waals surface area contributed by atoms with Crippen molar-refractivity contribution in [3.63, 3.8) is 0 Å². The molecule has 1 aliphatic heterocycles. The van der Waals surface area contributed by atoms with E-state index in [-0.39, 0.29) is 12.4 Å². The Kier molecular flexibility index (Phi) is 3.73. The molecule has 0 saturated carbocycles.